The van der Waals surface area contributed by atoms with E-state index in [0.29, 0.717) is 6.54 Å². The smallest absolute Gasteiger partial charge is 0.225 e. The summed E-state index contributed by atoms with van der Waals surface area (Å²) in [7, 11) is 1.91. The lowest BCUT2D eigenvalue weighted by atomic mass is 9.95. The van der Waals surface area contributed by atoms with Crippen molar-refractivity contribution >= 4 is 27.3 Å². The van der Waals surface area contributed by atoms with E-state index in [2.05, 4.69) is 48.2 Å². The van der Waals surface area contributed by atoms with Crippen LogP contribution in [0.1, 0.15) is 24.0 Å². The molecule has 32 heavy (non-hydrogen) atoms. The number of aryl methyl sites for hydroxylation is 1. The van der Waals surface area contributed by atoms with Crippen molar-refractivity contribution in [1.29, 1.82) is 0 Å². The van der Waals surface area contributed by atoms with Crippen molar-refractivity contribution in [3.8, 4) is 11.3 Å². The van der Waals surface area contributed by atoms with Gasteiger partial charge in [0.25, 0.3) is 0 Å². The summed E-state index contributed by atoms with van der Waals surface area (Å²) in [4.78, 5) is 22.7. The Hall–Kier alpha value is -3.19. The highest BCUT2D eigenvalue weighted by molar-refractivity contribution is 7.20. The van der Waals surface area contributed by atoms with E-state index in [-0.39, 0.29) is 11.8 Å². The van der Waals surface area contributed by atoms with Crippen LogP contribution in [0.5, 0.6) is 0 Å². The molecule has 5 rings (SSSR count). The molecule has 0 bridgehead atoms. The molecule has 1 aliphatic heterocycles. The molecule has 3 heterocycles. The minimum absolute atomic E-state index is 0.0807. The van der Waals surface area contributed by atoms with Crippen LogP contribution >= 0.6 is 11.3 Å². The maximum atomic E-state index is 12.9. The van der Waals surface area contributed by atoms with E-state index in [0.717, 1.165) is 52.8 Å². The second-order valence-corrected chi connectivity index (χ2v) is 9.48. The fourth-order valence-corrected chi connectivity index (χ4v) is 5.18. The molecule has 2 aromatic heterocycles. The molecule has 1 saturated heterocycles. The highest BCUT2D eigenvalue weighted by atomic mass is 32.1. The summed E-state index contributed by atoms with van der Waals surface area (Å²) in [6.07, 6.45) is 3.71. The van der Waals surface area contributed by atoms with E-state index < -0.39 is 0 Å². The first-order valence-corrected chi connectivity index (χ1v) is 11.9. The molecule has 0 saturated carbocycles. The summed E-state index contributed by atoms with van der Waals surface area (Å²) in [5.41, 5.74) is 4.45. The van der Waals surface area contributed by atoms with Gasteiger partial charge in [0.1, 0.15) is 0 Å². The fourth-order valence-electron chi connectivity index (χ4n) is 4.25. The lowest BCUT2D eigenvalue weighted by Crippen LogP contribution is -2.41. The number of anilines is 1. The average Bonchev–Trinajstić information content (AvgIpc) is 3.39. The molecule has 0 unspecified atom stereocenters. The van der Waals surface area contributed by atoms with Crippen LogP contribution < -0.4 is 4.90 Å². The zero-order valence-electron chi connectivity index (χ0n) is 18.4. The Balaban J connectivity index is 1.20. The second kappa shape index (κ2) is 8.74. The molecule has 6 nitrogen and oxygen atoms in total. The molecular weight excluding hydrogens is 418 g/mol. The van der Waals surface area contributed by atoms with Gasteiger partial charge in [-0.25, -0.2) is 9.50 Å². The average molecular weight is 446 g/mol. The number of benzene rings is 2. The second-order valence-electron chi connectivity index (χ2n) is 8.55. The molecule has 0 atom stereocenters. The summed E-state index contributed by atoms with van der Waals surface area (Å²) in [6, 6.07) is 18.6. The van der Waals surface area contributed by atoms with Crippen molar-refractivity contribution in [2.45, 2.75) is 26.3 Å². The first-order valence-electron chi connectivity index (χ1n) is 11.0. The van der Waals surface area contributed by atoms with Gasteiger partial charge in [0.15, 0.2) is 0 Å². The van der Waals surface area contributed by atoms with E-state index in [1.165, 1.54) is 5.56 Å². The molecule has 0 aliphatic carbocycles. The van der Waals surface area contributed by atoms with Crippen LogP contribution in [0.15, 0.2) is 60.8 Å². The van der Waals surface area contributed by atoms with Gasteiger partial charge in [-0.2, -0.15) is 0 Å². The maximum Gasteiger partial charge on any atom is 0.225 e. The predicted molar refractivity (Wildman–Crippen MR) is 129 cm³/mol. The molecule has 2 aromatic carbocycles. The standard InChI is InChI=1S/C25H27N5OS/c1-18-8-10-20(11-9-18)22-17-30-24(26-22)32-25(27-30)29-14-12-21(13-15-29)23(31)28(2)16-19-6-4-3-5-7-19/h3-11,17,21H,12-16H2,1-2H3. The van der Waals surface area contributed by atoms with E-state index in [4.69, 9.17) is 10.1 Å². The highest BCUT2D eigenvalue weighted by Gasteiger charge is 2.28. The topological polar surface area (TPSA) is 53.7 Å². The number of piperidine rings is 1. The lowest BCUT2D eigenvalue weighted by molar-refractivity contribution is -0.135. The van der Waals surface area contributed by atoms with Gasteiger partial charge in [0.2, 0.25) is 16.0 Å². The number of aromatic nitrogens is 3. The number of amides is 1. The minimum atomic E-state index is 0.0807. The first-order chi connectivity index (χ1) is 15.6. The first kappa shape index (κ1) is 20.7. The number of carbonyl (C=O) groups excluding carboxylic acids is 1. The van der Waals surface area contributed by atoms with Gasteiger partial charge in [-0.3, -0.25) is 4.79 Å². The molecule has 1 fully saturated rings. The SMILES string of the molecule is Cc1ccc(-c2cn3nc(N4CCC(C(=O)N(C)Cc5ccccc5)CC4)sc3n2)cc1. The Morgan fingerprint density at radius 3 is 2.50 bits per heavy atom. The molecule has 0 radical (unpaired) electrons. The number of rotatable bonds is 5. The van der Waals surface area contributed by atoms with Crippen LogP contribution in [-0.4, -0.2) is 45.5 Å². The summed E-state index contributed by atoms with van der Waals surface area (Å²) in [6.45, 7) is 4.43. The minimum Gasteiger partial charge on any atom is -0.347 e. The third-order valence-corrected chi connectivity index (χ3v) is 7.12. The Labute approximate surface area is 192 Å². The van der Waals surface area contributed by atoms with Crippen molar-refractivity contribution in [2.75, 3.05) is 25.0 Å². The summed E-state index contributed by atoms with van der Waals surface area (Å²) < 4.78 is 1.88. The third-order valence-electron chi connectivity index (χ3n) is 6.13. The molecule has 1 aliphatic rings. The van der Waals surface area contributed by atoms with Crippen molar-refractivity contribution in [2.24, 2.45) is 5.92 Å². The van der Waals surface area contributed by atoms with Crippen molar-refractivity contribution < 1.29 is 4.79 Å². The lowest BCUT2D eigenvalue weighted by Gasteiger charge is -2.32. The zero-order chi connectivity index (χ0) is 22.1. The molecular formula is C25H27N5OS. The van der Waals surface area contributed by atoms with Crippen LogP contribution in [0.4, 0.5) is 5.13 Å². The van der Waals surface area contributed by atoms with Crippen molar-refractivity contribution in [3.05, 3.63) is 71.9 Å². The molecule has 4 aromatic rings. The fraction of sp³-hybridized carbons (Fsp3) is 0.320. The maximum absolute atomic E-state index is 12.9. The Morgan fingerprint density at radius 2 is 1.81 bits per heavy atom. The quantitative estimate of drug-likeness (QED) is 0.449. The number of hydrogen-bond acceptors (Lipinski definition) is 5. The van der Waals surface area contributed by atoms with Crippen LogP contribution in [-0.2, 0) is 11.3 Å². The number of carbonyl (C=O) groups is 1. The van der Waals surface area contributed by atoms with E-state index in [1.807, 2.05) is 40.9 Å². The normalized spacial score (nSPS) is 14.8. The molecule has 7 heteroatoms. The Kier molecular flexibility index (Phi) is 5.66. The van der Waals surface area contributed by atoms with Crippen LogP contribution in [0.25, 0.3) is 16.2 Å². The third kappa shape index (κ3) is 4.25. The monoisotopic (exact) mass is 445 g/mol. The van der Waals surface area contributed by atoms with Gasteiger partial charge < -0.3 is 9.80 Å². The number of nitrogens with zero attached hydrogens (tertiary/aromatic N) is 5. The van der Waals surface area contributed by atoms with Gasteiger partial charge in [-0.1, -0.05) is 71.5 Å². The van der Waals surface area contributed by atoms with Crippen LogP contribution in [0, 0.1) is 12.8 Å². The number of fused-ring (bicyclic) bond motifs is 1. The summed E-state index contributed by atoms with van der Waals surface area (Å²) >= 11 is 1.61. The highest BCUT2D eigenvalue weighted by Crippen LogP contribution is 2.30. The van der Waals surface area contributed by atoms with E-state index in [9.17, 15) is 4.79 Å². The van der Waals surface area contributed by atoms with Gasteiger partial charge in [0, 0.05) is 38.2 Å². The van der Waals surface area contributed by atoms with Crippen LogP contribution in [0.2, 0.25) is 0 Å². The number of imidazole rings is 1. The molecule has 1 amide bonds. The number of hydrogen-bond donors (Lipinski definition) is 0. The van der Waals surface area contributed by atoms with E-state index >= 15 is 0 Å². The van der Waals surface area contributed by atoms with Gasteiger partial charge in [0.05, 0.1) is 11.9 Å². The van der Waals surface area contributed by atoms with Gasteiger partial charge >= 0.3 is 0 Å². The molecule has 164 valence electrons. The predicted octanol–water partition coefficient (Wildman–Crippen LogP) is 4.64. The zero-order valence-corrected chi connectivity index (χ0v) is 19.3. The van der Waals surface area contributed by atoms with E-state index in [1.54, 1.807) is 11.3 Å². The van der Waals surface area contributed by atoms with Crippen molar-refractivity contribution in [3.63, 3.8) is 0 Å². The molecule has 0 spiro atoms. The van der Waals surface area contributed by atoms with Gasteiger partial charge in [-0.15, -0.1) is 5.10 Å². The Bertz CT molecular complexity index is 1170. The summed E-state index contributed by atoms with van der Waals surface area (Å²) in [5, 5.41) is 5.74. The Morgan fingerprint density at radius 1 is 1.09 bits per heavy atom. The molecule has 0 N–H and O–H groups in total. The van der Waals surface area contributed by atoms with Gasteiger partial charge in [-0.05, 0) is 25.3 Å². The van der Waals surface area contributed by atoms with Crippen molar-refractivity contribution in [1.82, 2.24) is 19.5 Å². The summed E-state index contributed by atoms with van der Waals surface area (Å²) in [5.74, 6) is 0.322. The van der Waals surface area contributed by atoms with Crippen LogP contribution in [0.3, 0.4) is 0 Å². The largest absolute Gasteiger partial charge is 0.347 e.